The van der Waals surface area contributed by atoms with E-state index in [4.69, 9.17) is 9.47 Å². The van der Waals surface area contributed by atoms with Gasteiger partial charge in [-0.15, -0.1) is 10.2 Å². The fraction of sp³-hybridized carbons (Fsp3) is 0.250. The van der Waals surface area contributed by atoms with Crippen LogP contribution in [0, 0.1) is 6.92 Å². The highest BCUT2D eigenvalue weighted by molar-refractivity contribution is 7.99. The van der Waals surface area contributed by atoms with E-state index in [1.165, 1.54) is 11.8 Å². The van der Waals surface area contributed by atoms with Crippen molar-refractivity contribution in [1.29, 1.82) is 0 Å². The number of aromatic nitrogens is 3. The topological polar surface area (TPSA) is 90.3 Å². The normalized spacial score (nSPS) is 10.7. The minimum atomic E-state index is -0.123. The van der Waals surface area contributed by atoms with Gasteiger partial charge in [-0.2, -0.15) is 0 Å². The first-order valence-corrected chi connectivity index (χ1v) is 13.2. The fourth-order valence-corrected chi connectivity index (χ4v) is 4.38. The molecular weight excluding hydrogens is 486 g/mol. The van der Waals surface area contributed by atoms with E-state index in [0.29, 0.717) is 30.6 Å². The molecule has 0 saturated heterocycles. The second-order valence-electron chi connectivity index (χ2n) is 8.17. The molecule has 2 N–H and O–H groups in total. The fourth-order valence-electron chi connectivity index (χ4n) is 3.61. The number of rotatable bonds is 12. The molecule has 37 heavy (non-hydrogen) atoms. The summed E-state index contributed by atoms with van der Waals surface area (Å²) in [6, 6.07) is 23.3. The zero-order valence-corrected chi connectivity index (χ0v) is 22.0. The van der Waals surface area contributed by atoms with Crippen LogP contribution < -0.4 is 20.1 Å². The highest BCUT2D eigenvalue weighted by Crippen LogP contribution is 2.24. The number of aryl methyl sites for hydroxylation is 1. The Morgan fingerprint density at radius 2 is 1.43 bits per heavy atom. The maximum atomic E-state index is 12.6. The Kier molecular flexibility index (Phi) is 9.04. The SMILES string of the molecule is CCOc1ccc(NCc2nnc(SCC(=O)Nc3ccc(OCC)cc3)n2-c2ccc(C)cc2)cc1. The van der Waals surface area contributed by atoms with Crippen LogP contribution in [0.4, 0.5) is 11.4 Å². The molecule has 0 saturated carbocycles. The smallest absolute Gasteiger partial charge is 0.234 e. The maximum absolute atomic E-state index is 12.6. The van der Waals surface area contributed by atoms with E-state index in [1.54, 1.807) is 0 Å². The molecule has 3 aromatic carbocycles. The molecular formula is C28H31N5O3S. The lowest BCUT2D eigenvalue weighted by Crippen LogP contribution is -2.15. The van der Waals surface area contributed by atoms with Crippen LogP contribution in [0.25, 0.3) is 5.69 Å². The van der Waals surface area contributed by atoms with Crippen molar-refractivity contribution in [3.8, 4) is 17.2 Å². The van der Waals surface area contributed by atoms with Gasteiger partial charge >= 0.3 is 0 Å². The molecule has 0 fully saturated rings. The van der Waals surface area contributed by atoms with Crippen molar-refractivity contribution in [2.45, 2.75) is 32.5 Å². The minimum absolute atomic E-state index is 0.123. The van der Waals surface area contributed by atoms with E-state index in [9.17, 15) is 4.79 Å². The Morgan fingerprint density at radius 1 is 0.838 bits per heavy atom. The van der Waals surface area contributed by atoms with Crippen molar-refractivity contribution in [1.82, 2.24) is 14.8 Å². The van der Waals surface area contributed by atoms with Crippen LogP contribution in [0.1, 0.15) is 25.2 Å². The number of nitrogens with zero attached hydrogens (tertiary/aromatic N) is 3. The molecule has 0 aliphatic carbocycles. The van der Waals surface area contributed by atoms with Crippen molar-refractivity contribution in [2.75, 3.05) is 29.6 Å². The van der Waals surface area contributed by atoms with E-state index in [-0.39, 0.29) is 11.7 Å². The lowest BCUT2D eigenvalue weighted by atomic mass is 10.2. The summed E-state index contributed by atoms with van der Waals surface area (Å²) in [5, 5.41) is 15.8. The van der Waals surface area contributed by atoms with E-state index in [2.05, 4.69) is 20.8 Å². The van der Waals surface area contributed by atoms with Crippen LogP contribution in [-0.2, 0) is 11.3 Å². The van der Waals surface area contributed by atoms with Gasteiger partial charge in [0.05, 0.1) is 25.5 Å². The monoisotopic (exact) mass is 517 g/mol. The Labute approximate surface area is 221 Å². The summed E-state index contributed by atoms with van der Waals surface area (Å²) in [6.45, 7) is 7.64. The average molecular weight is 518 g/mol. The van der Waals surface area contributed by atoms with Crippen molar-refractivity contribution < 1.29 is 14.3 Å². The molecule has 0 radical (unpaired) electrons. The number of carbonyl (C=O) groups is 1. The zero-order chi connectivity index (χ0) is 26.0. The van der Waals surface area contributed by atoms with Crippen molar-refractivity contribution in [3.05, 3.63) is 84.2 Å². The van der Waals surface area contributed by atoms with Gasteiger partial charge in [0.1, 0.15) is 11.5 Å². The van der Waals surface area contributed by atoms with Crippen LogP contribution in [0.5, 0.6) is 11.5 Å². The number of carbonyl (C=O) groups excluding carboxylic acids is 1. The van der Waals surface area contributed by atoms with Gasteiger partial charge in [0.15, 0.2) is 11.0 Å². The summed E-state index contributed by atoms with van der Waals surface area (Å²) < 4.78 is 13.0. The minimum Gasteiger partial charge on any atom is -0.494 e. The van der Waals surface area contributed by atoms with E-state index in [1.807, 2.05) is 98.1 Å². The van der Waals surface area contributed by atoms with Gasteiger partial charge in [-0.25, -0.2) is 0 Å². The lowest BCUT2D eigenvalue weighted by molar-refractivity contribution is -0.113. The van der Waals surface area contributed by atoms with E-state index < -0.39 is 0 Å². The summed E-state index contributed by atoms with van der Waals surface area (Å²) in [6.07, 6.45) is 0. The number of ether oxygens (including phenoxy) is 2. The Balaban J connectivity index is 1.45. The van der Waals surface area contributed by atoms with Crippen molar-refractivity contribution in [3.63, 3.8) is 0 Å². The number of amides is 1. The number of benzene rings is 3. The Hall–Kier alpha value is -3.98. The van der Waals surface area contributed by atoms with Gasteiger partial charge < -0.3 is 20.1 Å². The molecule has 1 heterocycles. The van der Waals surface area contributed by atoms with Crippen molar-refractivity contribution >= 4 is 29.0 Å². The molecule has 0 aliphatic rings. The predicted octanol–water partition coefficient (Wildman–Crippen LogP) is 5.72. The van der Waals surface area contributed by atoms with Gasteiger partial charge in [-0.1, -0.05) is 29.5 Å². The Bertz CT molecular complexity index is 1290. The molecule has 0 spiro atoms. The van der Waals surface area contributed by atoms with Gasteiger partial charge in [0, 0.05) is 17.1 Å². The number of hydrogen-bond donors (Lipinski definition) is 2. The van der Waals surface area contributed by atoms with Gasteiger partial charge in [-0.05, 0) is 81.4 Å². The highest BCUT2D eigenvalue weighted by atomic mass is 32.2. The second kappa shape index (κ2) is 12.8. The number of anilines is 2. The molecule has 192 valence electrons. The third kappa shape index (κ3) is 7.27. The zero-order valence-electron chi connectivity index (χ0n) is 21.2. The molecule has 0 bridgehead atoms. The molecule has 0 atom stereocenters. The van der Waals surface area contributed by atoms with Crippen molar-refractivity contribution in [2.24, 2.45) is 0 Å². The van der Waals surface area contributed by atoms with Crippen LogP contribution in [-0.4, -0.2) is 39.6 Å². The summed E-state index contributed by atoms with van der Waals surface area (Å²) in [7, 11) is 0. The first-order valence-electron chi connectivity index (χ1n) is 12.2. The lowest BCUT2D eigenvalue weighted by Gasteiger charge is -2.12. The van der Waals surface area contributed by atoms with Crippen LogP contribution in [0.2, 0.25) is 0 Å². The van der Waals surface area contributed by atoms with Gasteiger partial charge in [0.2, 0.25) is 5.91 Å². The summed E-state index contributed by atoms with van der Waals surface area (Å²) in [4.78, 5) is 12.6. The van der Waals surface area contributed by atoms with Crippen LogP contribution in [0.3, 0.4) is 0 Å². The number of thioether (sulfide) groups is 1. The van der Waals surface area contributed by atoms with Crippen LogP contribution >= 0.6 is 11.8 Å². The van der Waals surface area contributed by atoms with E-state index in [0.717, 1.165) is 34.3 Å². The van der Waals surface area contributed by atoms with Gasteiger partial charge in [-0.3, -0.25) is 9.36 Å². The Morgan fingerprint density at radius 3 is 2.03 bits per heavy atom. The standard InChI is InChI=1S/C28H31N5O3S/c1-4-35-24-14-8-21(9-15-24)29-18-26-31-32-28(33(26)23-12-6-20(3)7-13-23)37-19-27(34)30-22-10-16-25(17-11-22)36-5-2/h6-17,29H,4-5,18-19H2,1-3H3,(H,30,34). The molecule has 0 aliphatic heterocycles. The highest BCUT2D eigenvalue weighted by Gasteiger charge is 2.16. The molecule has 0 unspecified atom stereocenters. The summed E-state index contributed by atoms with van der Waals surface area (Å²) >= 11 is 1.34. The quantitative estimate of drug-likeness (QED) is 0.232. The third-order valence-electron chi connectivity index (χ3n) is 5.39. The molecule has 1 aromatic heterocycles. The maximum Gasteiger partial charge on any atom is 0.234 e. The summed E-state index contributed by atoms with van der Waals surface area (Å²) in [5.74, 6) is 2.42. The third-order valence-corrected chi connectivity index (χ3v) is 6.32. The first kappa shape index (κ1) is 26.1. The molecule has 9 heteroatoms. The van der Waals surface area contributed by atoms with Gasteiger partial charge in [0.25, 0.3) is 0 Å². The number of hydrogen-bond acceptors (Lipinski definition) is 7. The predicted molar refractivity (Wildman–Crippen MR) is 148 cm³/mol. The van der Waals surface area contributed by atoms with Crippen LogP contribution in [0.15, 0.2) is 78.0 Å². The first-order chi connectivity index (χ1) is 18.1. The average Bonchev–Trinajstić information content (AvgIpc) is 3.32. The molecule has 4 aromatic rings. The largest absolute Gasteiger partial charge is 0.494 e. The molecule has 4 rings (SSSR count). The number of nitrogens with one attached hydrogen (secondary N) is 2. The second-order valence-corrected chi connectivity index (χ2v) is 9.12. The molecule has 1 amide bonds. The summed E-state index contributed by atoms with van der Waals surface area (Å²) in [5.41, 5.74) is 3.77. The molecule has 8 nitrogen and oxygen atoms in total. The van der Waals surface area contributed by atoms with E-state index >= 15 is 0 Å².